The number of hydrogen-bond acceptors (Lipinski definition) is 4. The number of esters is 1. The van der Waals surface area contributed by atoms with Crippen LogP contribution in [0.3, 0.4) is 0 Å². The Labute approximate surface area is 120 Å². The summed E-state index contributed by atoms with van der Waals surface area (Å²) >= 11 is 12.0. The number of halogens is 2. The van der Waals surface area contributed by atoms with Gasteiger partial charge in [0.15, 0.2) is 0 Å². The van der Waals surface area contributed by atoms with E-state index in [4.69, 9.17) is 28.3 Å². The Morgan fingerprint density at radius 2 is 1.95 bits per heavy atom. The fourth-order valence-electron chi connectivity index (χ4n) is 1.51. The lowest BCUT2D eigenvalue weighted by molar-refractivity contribution is -0.145. The Morgan fingerprint density at radius 3 is 2.42 bits per heavy atom. The molecule has 0 spiro atoms. The summed E-state index contributed by atoms with van der Waals surface area (Å²) in [6.45, 7) is -0.719. The molecule has 0 aliphatic rings. The van der Waals surface area contributed by atoms with Crippen LogP contribution in [0.5, 0.6) is 0 Å². The zero-order chi connectivity index (χ0) is 14.4. The van der Waals surface area contributed by atoms with E-state index in [0.717, 1.165) is 0 Å². The molecule has 1 aromatic rings. The molecule has 5 nitrogen and oxygen atoms in total. The van der Waals surface area contributed by atoms with Gasteiger partial charge in [-0.3, -0.25) is 4.79 Å². The third-order valence-electron chi connectivity index (χ3n) is 2.43. The molecule has 1 aromatic carbocycles. The number of benzene rings is 1. The number of methoxy groups -OCH3 is 1. The lowest BCUT2D eigenvalue weighted by atomic mass is 10.1. The van der Waals surface area contributed by atoms with Gasteiger partial charge in [0.25, 0.3) is 0 Å². The van der Waals surface area contributed by atoms with Crippen molar-refractivity contribution in [3.63, 3.8) is 0 Å². The molecule has 7 heteroatoms. The average molecular weight is 306 g/mol. The van der Waals surface area contributed by atoms with E-state index < -0.39 is 24.5 Å². The molecule has 0 aliphatic heterocycles. The Morgan fingerprint density at radius 1 is 1.37 bits per heavy atom. The van der Waals surface area contributed by atoms with Crippen molar-refractivity contribution in [3.05, 3.63) is 33.8 Å². The molecule has 0 fully saturated rings. The highest BCUT2D eigenvalue weighted by Crippen LogP contribution is 2.25. The zero-order valence-electron chi connectivity index (χ0n) is 10.2. The van der Waals surface area contributed by atoms with Gasteiger partial charge in [-0.1, -0.05) is 29.3 Å². The average Bonchev–Trinajstić information content (AvgIpc) is 2.40. The van der Waals surface area contributed by atoms with Crippen molar-refractivity contribution in [1.82, 2.24) is 5.32 Å². The first-order valence-corrected chi connectivity index (χ1v) is 6.16. The van der Waals surface area contributed by atoms with Crippen molar-refractivity contribution >= 4 is 35.1 Å². The van der Waals surface area contributed by atoms with Crippen molar-refractivity contribution in [2.24, 2.45) is 0 Å². The normalized spacial score (nSPS) is 11.8. The molecule has 0 aliphatic carbocycles. The number of carbonyl (C=O) groups is 2. The standard InChI is InChI=1S/C12H13Cl2NO4/c1-19-12(18)10(15-11(17)6-16)5-7-8(13)3-2-4-9(7)14/h2-4,10,16H,5-6H2,1H3,(H,15,17)/t10-/m1/s1. The van der Waals surface area contributed by atoms with Crippen LogP contribution in [-0.2, 0) is 20.7 Å². The molecule has 19 heavy (non-hydrogen) atoms. The van der Waals surface area contributed by atoms with E-state index in [-0.39, 0.29) is 6.42 Å². The lowest BCUT2D eigenvalue weighted by Crippen LogP contribution is -2.44. The summed E-state index contributed by atoms with van der Waals surface area (Å²) in [6.07, 6.45) is 0.0803. The zero-order valence-corrected chi connectivity index (χ0v) is 11.7. The molecule has 0 saturated carbocycles. The van der Waals surface area contributed by atoms with E-state index in [1.165, 1.54) is 7.11 Å². The maximum absolute atomic E-state index is 11.6. The minimum absolute atomic E-state index is 0.0803. The van der Waals surface area contributed by atoms with Crippen LogP contribution in [0.1, 0.15) is 5.56 Å². The van der Waals surface area contributed by atoms with Gasteiger partial charge in [-0.15, -0.1) is 0 Å². The van der Waals surface area contributed by atoms with Crippen molar-refractivity contribution < 1.29 is 19.4 Å². The lowest BCUT2D eigenvalue weighted by Gasteiger charge is -2.17. The Bertz CT molecular complexity index is 459. The second-order valence-corrected chi connectivity index (χ2v) is 4.52. The third-order valence-corrected chi connectivity index (χ3v) is 3.14. The maximum atomic E-state index is 11.6. The van der Waals surface area contributed by atoms with Gasteiger partial charge in [0, 0.05) is 16.5 Å². The van der Waals surface area contributed by atoms with Crippen LogP contribution in [0.2, 0.25) is 10.0 Å². The monoisotopic (exact) mass is 305 g/mol. The van der Waals surface area contributed by atoms with Crippen LogP contribution in [-0.4, -0.2) is 36.7 Å². The predicted octanol–water partition coefficient (Wildman–Crippen LogP) is 1.19. The summed E-state index contributed by atoms with van der Waals surface area (Å²) in [5.41, 5.74) is 0.527. The number of rotatable bonds is 5. The van der Waals surface area contributed by atoms with Gasteiger partial charge in [0.1, 0.15) is 12.6 Å². The van der Waals surface area contributed by atoms with E-state index in [2.05, 4.69) is 10.1 Å². The van der Waals surface area contributed by atoms with Crippen LogP contribution in [0.25, 0.3) is 0 Å². The quantitative estimate of drug-likeness (QED) is 0.801. The smallest absolute Gasteiger partial charge is 0.328 e. The van der Waals surface area contributed by atoms with Crippen molar-refractivity contribution in [1.29, 1.82) is 0 Å². The topological polar surface area (TPSA) is 75.6 Å². The molecule has 2 N–H and O–H groups in total. The molecule has 0 aromatic heterocycles. The molecule has 0 unspecified atom stereocenters. The van der Waals surface area contributed by atoms with E-state index in [9.17, 15) is 9.59 Å². The molecule has 0 radical (unpaired) electrons. The summed E-state index contributed by atoms with van der Waals surface area (Å²) in [6, 6.07) is 3.98. The minimum Gasteiger partial charge on any atom is -0.467 e. The first kappa shape index (κ1) is 15.8. The molecule has 1 amide bonds. The molecule has 1 atom stereocenters. The SMILES string of the molecule is COC(=O)[C@@H](Cc1c(Cl)cccc1Cl)NC(=O)CO. The van der Waals surface area contributed by atoms with Gasteiger partial charge in [-0.25, -0.2) is 4.79 Å². The summed E-state index contributed by atoms with van der Waals surface area (Å²) in [7, 11) is 1.20. The van der Waals surface area contributed by atoms with E-state index in [0.29, 0.717) is 15.6 Å². The number of aliphatic hydroxyl groups is 1. The number of ether oxygens (including phenoxy) is 1. The highest BCUT2D eigenvalue weighted by atomic mass is 35.5. The molecule has 0 saturated heterocycles. The number of nitrogens with one attached hydrogen (secondary N) is 1. The fourth-order valence-corrected chi connectivity index (χ4v) is 2.06. The molecular weight excluding hydrogens is 293 g/mol. The number of amides is 1. The fraction of sp³-hybridized carbons (Fsp3) is 0.333. The van der Waals surface area contributed by atoms with Gasteiger partial charge >= 0.3 is 5.97 Å². The molecule has 1 rings (SSSR count). The molecule has 104 valence electrons. The summed E-state index contributed by atoms with van der Waals surface area (Å²) < 4.78 is 4.59. The first-order valence-electron chi connectivity index (χ1n) is 5.40. The van der Waals surface area contributed by atoms with Gasteiger partial charge in [-0.05, 0) is 17.7 Å². The number of carbonyl (C=O) groups excluding carboxylic acids is 2. The summed E-state index contributed by atoms with van der Waals surface area (Å²) in [5.74, 6) is -1.32. The van der Waals surface area contributed by atoms with Crippen molar-refractivity contribution in [2.75, 3.05) is 13.7 Å². The van der Waals surface area contributed by atoms with E-state index >= 15 is 0 Å². The van der Waals surface area contributed by atoms with Crippen LogP contribution in [0.4, 0.5) is 0 Å². The Kier molecular flexibility index (Phi) is 6.08. The second-order valence-electron chi connectivity index (χ2n) is 3.71. The Hall–Kier alpha value is -1.30. The molecule has 0 bridgehead atoms. The van der Waals surface area contributed by atoms with Gasteiger partial charge < -0.3 is 15.2 Å². The van der Waals surface area contributed by atoms with Crippen molar-refractivity contribution in [3.8, 4) is 0 Å². The minimum atomic E-state index is -0.956. The van der Waals surface area contributed by atoms with Gasteiger partial charge in [0.05, 0.1) is 7.11 Å². The van der Waals surface area contributed by atoms with Crippen LogP contribution >= 0.6 is 23.2 Å². The van der Waals surface area contributed by atoms with E-state index in [1.807, 2.05) is 0 Å². The number of aliphatic hydroxyl groups excluding tert-OH is 1. The first-order chi connectivity index (χ1) is 8.99. The van der Waals surface area contributed by atoms with Crippen molar-refractivity contribution in [2.45, 2.75) is 12.5 Å². The highest BCUT2D eigenvalue weighted by molar-refractivity contribution is 6.36. The third kappa shape index (κ3) is 4.38. The summed E-state index contributed by atoms with van der Waals surface area (Å²) in [5, 5.41) is 11.8. The van der Waals surface area contributed by atoms with Crippen LogP contribution in [0, 0.1) is 0 Å². The number of hydrogen-bond donors (Lipinski definition) is 2. The molecular formula is C12H13Cl2NO4. The summed E-state index contributed by atoms with van der Waals surface area (Å²) in [4.78, 5) is 22.8. The largest absolute Gasteiger partial charge is 0.467 e. The highest BCUT2D eigenvalue weighted by Gasteiger charge is 2.23. The second kappa shape index (κ2) is 7.33. The van der Waals surface area contributed by atoms with Crippen LogP contribution in [0.15, 0.2) is 18.2 Å². The molecule has 0 heterocycles. The Balaban J connectivity index is 2.94. The predicted molar refractivity (Wildman–Crippen MR) is 71.2 cm³/mol. The van der Waals surface area contributed by atoms with E-state index in [1.54, 1.807) is 18.2 Å². The van der Waals surface area contributed by atoms with Gasteiger partial charge in [0.2, 0.25) is 5.91 Å². The van der Waals surface area contributed by atoms with Crippen LogP contribution < -0.4 is 5.32 Å². The maximum Gasteiger partial charge on any atom is 0.328 e. The van der Waals surface area contributed by atoms with Gasteiger partial charge in [-0.2, -0.15) is 0 Å².